The predicted octanol–water partition coefficient (Wildman–Crippen LogP) is -0.0671. The fourth-order valence-electron chi connectivity index (χ4n) is 1.98. The molecule has 1 rings (SSSR count). The van der Waals surface area contributed by atoms with Crippen LogP contribution in [0.25, 0.3) is 0 Å². The number of anilines is 1. The van der Waals surface area contributed by atoms with Crippen molar-refractivity contribution in [3.8, 4) is 0 Å². The molecule has 0 atom stereocenters. The maximum atomic E-state index is 12.0. The normalized spacial score (nSPS) is 12.3. The molecule has 0 aliphatic rings. The fourth-order valence-corrected chi connectivity index (χ4v) is 4.68. The van der Waals surface area contributed by atoms with Crippen molar-refractivity contribution in [3.05, 3.63) is 24.3 Å². The molecule has 0 aliphatic carbocycles. The van der Waals surface area contributed by atoms with Crippen LogP contribution in [0.5, 0.6) is 0 Å². The standard InChI is InChI=1S/C14H23N3O5S2/c1-11(2)9-23(19,20)10-14(18)17-12-4-3-5-13(8-12)24(21,22)16-7-6-15/h3-5,8,11,16H,6-7,9-10,15H2,1-2H3,(H,17,18). The zero-order chi connectivity index (χ0) is 18.4. The highest BCUT2D eigenvalue weighted by molar-refractivity contribution is 7.92. The van der Waals surface area contributed by atoms with Crippen LogP contribution in [0.3, 0.4) is 0 Å². The fraction of sp³-hybridized carbons (Fsp3) is 0.500. The van der Waals surface area contributed by atoms with Crippen molar-refractivity contribution in [3.63, 3.8) is 0 Å². The van der Waals surface area contributed by atoms with Gasteiger partial charge in [-0.3, -0.25) is 4.79 Å². The quantitative estimate of drug-likeness (QED) is 0.551. The van der Waals surface area contributed by atoms with Gasteiger partial charge in [-0.25, -0.2) is 21.6 Å². The molecule has 1 amide bonds. The Bertz CT molecular complexity index is 773. The summed E-state index contributed by atoms with van der Waals surface area (Å²) in [5.74, 6) is -1.52. The molecule has 0 aromatic heterocycles. The first kappa shape index (κ1) is 20.6. The van der Waals surface area contributed by atoms with Gasteiger partial charge in [-0.05, 0) is 24.1 Å². The smallest absolute Gasteiger partial charge is 0.240 e. The molecule has 136 valence electrons. The molecule has 0 fully saturated rings. The number of sulfone groups is 1. The van der Waals surface area contributed by atoms with Crippen LogP contribution in [0.4, 0.5) is 5.69 Å². The number of nitrogens with two attached hydrogens (primary N) is 1. The lowest BCUT2D eigenvalue weighted by molar-refractivity contribution is -0.113. The van der Waals surface area contributed by atoms with Crippen molar-refractivity contribution in [1.82, 2.24) is 4.72 Å². The van der Waals surface area contributed by atoms with E-state index in [1.54, 1.807) is 13.8 Å². The van der Waals surface area contributed by atoms with Crippen molar-refractivity contribution < 1.29 is 21.6 Å². The SMILES string of the molecule is CC(C)CS(=O)(=O)CC(=O)Nc1cccc(S(=O)(=O)NCCN)c1. The first-order valence-electron chi connectivity index (χ1n) is 7.36. The molecule has 0 spiro atoms. The summed E-state index contributed by atoms with van der Waals surface area (Å²) in [6, 6.07) is 5.56. The van der Waals surface area contributed by atoms with E-state index in [0.717, 1.165) is 0 Å². The summed E-state index contributed by atoms with van der Waals surface area (Å²) in [5.41, 5.74) is 5.47. The maximum Gasteiger partial charge on any atom is 0.240 e. The van der Waals surface area contributed by atoms with Crippen molar-refractivity contribution >= 4 is 31.5 Å². The van der Waals surface area contributed by atoms with E-state index < -0.39 is 31.5 Å². The van der Waals surface area contributed by atoms with Gasteiger partial charge < -0.3 is 11.1 Å². The van der Waals surface area contributed by atoms with E-state index in [1.807, 2.05) is 0 Å². The molecule has 0 radical (unpaired) electrons. The van der Waals surface area contributed by atoms with E-state index in [2.05, 4.69) is 10.0 Å². The number of benzene rings is 1. The van der Waals surface area contributed by atoms with Crippen molar-refractivity contribution in [2.24, 2.45) is 11.7 Å². The van der Waals surface area contributed by atoms with Crippen molar-refractivity contribution in [2.45, 2.75) is 18.7 Å². The molecule has 0 saturated heterocycles. The van der Waals surface area contributed by atoms with E-state index in [-0.39, 0.29) is 35.3 Å². The van der Waals surface area contributed by atoms with Crippen LogP contribution < -0.4 is 15.8 Å². The Morgan fingerprint density at radius 1 is 1.21 bits per heavy atom. The Hall–Kier alpha value is -1.49. The van der Waals surface area contributed by atoms with Gasteiger partial charge in [0.2, 0.25) is 15.9 Å². The van der Waals surface area contributed by atoms with Crippen LogP contribution in [0.15, 0.2) is 29.2 Å². The molecule has 1 aromatic rings. The number of hydrogen-bond acceptors (Lipinski definition) is 6. The number of carbonyl (C=O) groups is 1. The Morgan fingerprint density at radius 2 is 1.88 bits per heavy atom. The summed E-state index contributed by atoms with van der Waals surface area (Å²) in [7, 11) is -7.24. The highest BCUT2D eigenvalue weighted by atomic mass is 32.2. The molecular formula is C14H23N3O5S2. The molecule has 1 aromatic carbocycles. The molecule has 10 heteroatoms. The Kier molecular flexibility index (Phi) is 7.33. The van der Waals surface area contributed by atoms with E-state index in [0.29, 0.717) is 0 Å². The van der Waals surface area contributed by atoms with Gasteiger partial charge in [0.05, 0.1) is 10.6 Å². The minimum absolute atomic E-state index is 0.0428. The van der Waals surface area contributed by atoms with E-state index in [4.69, 9.17) is 5.73 Å². The zero-order valence-corrected chi connectivity index (χ0v) is 15.3. The molecule has 24 heavy (non-hydrogen) atoms. The Labute approximate surface area is 142 Å². The number of rotatable bonds is 9. The van der Waals surface area contributed by atoms with Crippen LogP contribution in [-0.4, -0.2) is 47.3 Å². The van der Waals surface area contributed by atoms with Gasteiger partial charge in [-0.15, -0.1) is 0 Å². The number of amides is 1. The van der Waals surface area contributed by atoms with E-state index >= 15 is 0 Å². The van der Waals surface area contributed by atoms with Gasteiger partial charge in [-0.1, -0.05) is 19.9 Å². The minimum atomic E-state index is -3.73. The monoisotopic (exact) mass is 377 g/mol. The van der Waals surface area contributed by atoms with Crippen LogP contribution in [-0.2, 0) is 24.7 Å². The number of carbonyl (C=O) groups excluding carboxylic acids is 1. The predicted molar refractivity (Wildman–Crippen MR) is 92.8 cm³/mol. The highest BCUT2D eigenvalue weighted by Crippen LogP contribution is 2.15. The van der Waals surface area contributed by atoms with Crippen molar-refractivity contribution in [1.29, 1.82) is 0 Å². The topological polar surface area (TPSA) is 135 Å². The second-order valence-corrected chi connectivity index (χ2v) is 9.59. The molecular weight excluding hydrogens is 354 g/mol. The summed E-state index contributed by atoms with van der Waals surface area (Å²) in [4.78, 5) is 11.8. The molecule has 8 nitrogen and oxygen atoms in total. The van der Waals surface area contributed by atoms with Gasteiger partial charge in [0.25, 0.3) is 0 Å². The maximum absolute atomic E-state index is 12.0. The average Bonchev–Trinajstić information content (AvgIpc) is 2.43. The van der Waals surface area contributed by atoms with Crippen molar-refractivity contribution in [2.75, 3.05) is 29.9 Å². The van der Waals surface area contributed by atoms with Gasteiger partial charge in [0.1, 0.15) is 5.75 Å². The van der Waals surface area contributed by atoms with Crippen LogP contribution in [0.1, 0.15) is 13.8 Å². The molecule has 0 aliphatic heterocycles. The number of sulfonamides is 1. The van der Waals surface area contributed by atoms with Crippen LogP contribution in [0, 0.1) is 5.92 Å². The summed E-state index contributed by atoms with van der Waals surface area (Å²) in [5, 5.41) is 2.40. The lowest BCUT2D eigenvalue weighted by atomic mass is 10.3. The summed E-state index contributed by atoms with van der Waals surface area (Å²) >= 11 is 0. The molecule has 0 bridgehead atoms. The first-order valence-corrected chi connectivity index (χ1v) is 10.7. The van der Waals surface area contributed by atoms with Gasteiger partial charge >= 0.3 is 0 Å². The minimum Gasteiger partial charge on any atom is -0.329 e. The highest BCUT2D eigenvalue weighted by Gasteiger charge is 2.19. The Morgan fingerprint density at radius 3 is 2.46 bits per heavy atom. The van der Waals surface area contributed by atoms with Gasteiger partial charge in [0, 0.05) is 18.8 Å². The third-order valence-corrected chi connectivity index (χ3v) is 6.14. The summed E-state index contributed by atoms with van der Waals surface area (Å²) in [6.45, 7) is 3.74. The van der Waals surface area contributed by atoms with Crippen LogP contribution >= 0.6 is 0 Å². The summed E-state index contributed by atoms with van der Waals surface area (Å²) < 4.78 is 49.9. The third-order valence-electron chi connectivity index (χ3n) is 2.80. The molecule has 0 unspecified atom stereocenters. The molecule has 0 saturated carbocycles. The lowest BCUT2D eigenvalue weighted by Gasteiger charge is -2.10. The number of hydrogen-bond donors (Lipinski definition) is 3. The van der Waals surface area contributed by atoms with E-state index in [9.17, 15) is 21.6 Å². The molecule has 0 heterocycles. The van der Waals surface area contributed by atoms with Gasteiger partial charge in [0.15, 0.2) is 9.84 Å². The largest absolute Gasteiger partial charge is 0.329 e. The average molecular weight is 377 g/mol. The second-order valence-electron chi connectivity index (χ2n) is 5.71. The summed E-state index contributed by atoms with van der Waals surface area (Å²) in [6.07, 6.45) is 0. The zero-order valence-electron chi connectivity index (χ0n) is 13.7. The molecule has 4 N–H and O–H groups in total. The first-order chi connectivity index (χ1) is 11.1. The third kappa shape index (κ3) is 6.95. The van der Waals surface area contributed by atoms with E-state index in [1.165, 1.54) is 24.3 Å². The van der Waals surface area contributed by atoms with Crippen LogP contribution in [0.2, 0.25) is 0 Å². The number of nitrogens with one attached hydrogen (secondary N) is 2. The lowest BCUT2D eigenvalue weighted by Crippen LogP contribution is -2.29. The van der Waals surface area contributed by atoms with Gasteiger partial charge in [-0.2, -0.15) is 0 Å². The Balaban J connectivity index is 2.83. The second kappa shape index (κ2) is 8.56.